The molecule has 0 bridgehead atoms. The predicted octanol–water partition coefficient (Wildman–Crippen LogP) is 4.90. The van der Waals surface area contributed by atoms with Crippen molar-refractivity contribution in [1.29, 1.82) is 0 Å². The summed E-state index contributed by atoms with van der Waals surface area (Å²) < 4.78 is 2.44. The zero-order chi connectivity index (χ0) is 19.5. The van der Waals surface area contributed by atoms with Gasteiger partial charge in [-0.3, -0.25) is 4.79 Å². The molecular formula is C22H23N3OS2. The van der Waals surface area contributed by atoms with E-state index in [1.54, 1.807) is 0 Å². The molecular weight excluding hydrogens is 386 g/mol. The highest BCUT2D eigenvalue weighted by molar-refractivity contribution is 8.19. The quantitative estimate of drug-likeness (QED) is 0.651. The minimum absolute atomic E-state index is 0.0514. The van der Waals surface area contributed by atoms with Gasteiger partial charge in [0.25, 0.3) is 5.91 Å². The third kappa shape index (κ3) is 3.98. The van der Waals surface area contributed by atoms with Crippen LogP contribution in [0.4, 0.5) is 0 Å². The van der Waals surface area contributed by atoms with Crippen molar-refractivity contribution < 1.29 is 4.79 Å². The van der Waals surface area contributed by atoms with Gasteiger partial charge in [0.15, 0.2) is 0 Å². The van der Waals surface area contributed by atoms with E-state index in [4.69, 9.17) is 0 Å². The van der Waals surface area contributed by atoms with Crippen LogP contribution in [0.3, 0.4) is 0 Å². The monoisotopic (exact) mass is 409 g/mol. The van der Waals surface area contributed by atoms with Gasteiger partial charge in [0.2, 0.25) is 0 Å². The molecule has 1 amide bonds. The van der Waals surface area contributed by atoms with Crippen LogP contribution in [0.5, 0.6) is 0 Å². The lowest BCUT2D eigenvalue weighted by molar-refractivity contribution is 0.0951. The summed E-state index contributed by atoms with van der Waals surface area (Å²) in [5, 5.41) is 7.70. The summed E-state index contributed by atoms with van der Waals surface area (Å²) in [6, 6.07) is 18.1. The van der Waals surface area contributed by atoms with Crippen LogP contribution >= 0.6 is 23.5 Å². The van der Waals surface area contributed by atoms with E-state index in [1.165, 1.54) is 17.1 Å². The average Bonchev–Trinajstić information content (AvgIpc) is 3.36. The first-order chi connectivity index (χ1) is 13.6. The number of aromatic nitrogens is 2. The number of hydrogen-bond acceptors (Lipinski definition) is 4. The number of carbonyl (C=O) groups is 1. The smallest absolute Gasteiger partial charge is 0.251 e. The van der Waals surface area contributed by atoms with Gasteiger partial charge >= 0.3 is 0 Å². The summed E-state index contributed by atoms with van der Waals surface area (Å²) in [4.78, 5) is 12.6. The molecule has 3 aromatic rings. The molecule has 1 saturated heterocycles. The van der Waals surface area contributed by atoms with Gasteiger partial charge in [-0.2, -0.15) is 5.10 Å². The number of nitrogens with zero attached hydrogens (tertiary/aromatic N) is 2. The lowest BCUT2D eigenvalue weighted by Crippen LogP contribution is -2.23. The normalized spacial score (nSPS) is 14.4. The molecule has 2 aromatic carbocycles. The van der Waals surface area contributed by atoms with Gasteiger partial charge in [0.1, 0.15) is 0 Å². The van der Waals surface area contributed by atoms with Crippen LogP contribution in [-0.2, 0) is 6.54 Å². The molecule has 0 atom stereocenters. The zero-order valence-corrected chi connectivity index (χ0v) is 17.6. The fourth-order valence-corrected chi connectivity index (χ4v) is 6.22. The number of benzene rings is 2. The highest BCUT2D eigenvalue weighted by Crippen LogP contribution is 2.45. The Balaban J connectivity index is 1.44. The lowest BCUT2D eigenvalue weighted by Gasteiger charge is -2.10. The number of para-hydroxylation sites is 1. The topological polar surface area (TPSA) is 46.9 Å². The Kier molecular flexibility index (Phi) is 5.78. The molecule has 1 aromatic heterocycles. The van der Waals surface area contributed by atoms with Crippen molar-refractivity contribution in [2.45, 2.75) is 25.0 Å². The second kappa shape index (κ2) is 8.45. The van der Waals surface area contributed by atoms with E-state index in [2.05, 4.69) is 22.5 Å². The Morgan fingerprint density at radius 2 is 1.75 bits per heavy atom. The number of rotatable bonds is 5. The third-order valence-corrected chi connectivity index (χ3v) is 8.04. The van der Waals surface area contributed by atoms with Crippen molar-refractivity contribution >= 4 is 29.4 Å². The summed E-state index contributed by atoms with van der Waals surface area (Å²) >= 11 is 3.95. The van der Waals surface area contributed by atoms with Crippen LogP contribution in [0, 0.1) is 13.8 Å². The Morgan fingerprint density at radius 3 is 2.43 bits per heavy atom. The molecule has 2 heterocycles. The van der Waals surface area contributed by atoms with Crippen LogP contribution < -0.4 is 5.32 Å². The molecule has 0 spiro atoms. The van der Waals surface area contributed by atoms with Crippen molar-refractivity contribution in [2.75, 3.05) is 11.5 Å². The van der Waals surface area contributed by atoms with Crippen molar-refractivity contribution in [3.05, 3.63) is 82.7 Å². The van der Waals surface area contributed by atoms with Gasteiger partial charge in [0, 0.05) is 34.9 Å². The van der Waals surface area contributed by atoms with E-state index < -0.39 is 0 Å². The van der Waals surface area contributed by atoms with Crippen LogP contribution in [0.25, 0.3) is 5.69 Å². The number of carbonyl (C=O) groups excluding carboxylic acids is 1. The summed E-state index contributed by atoms with van der Waals surface area (Å²) in [5.74, 6) is 2.35. The highest BCUT2D eigenvalue weighted by atomic mass is 32.2. The largest absolute Gasteiger partial charge is 0.348 e. The van der Waals surface area contributed by atoms with E-state index >= 15 is 0 Å². The first-order valence-corrected chi connectivity index (χ1v) is 11.4. The minimum Gasteiger partial charge on any atom is -0.348 e. The molecule has 0 unspecified atom stereocenters. The minimum atomic E-state index is -0.0514. The molecule has 4 rings (SSSR count). The summed E-state index contributed by atoms with van der Waals surface area (Å²) in [6.07, 6.45) is 0. The Bertz CT molecular complexity index is 961. The molecule has 1 N–H and O–H groups in total. The van der Waals surface area contributed by atoms with Crippen LogP contribution in [0.1, 0.15) is 37.5 Å². The molecule has 0 aliphatic carbocycles. The Morgan fingerprint density at radius 1 is 1.07 bits per heavy atom. The number of thioether (sulfide) groups is 2. The number of aryl methyl sites for hydroxylation is 1. The van der Waals surface area contributed by atoms with E-state index in [0.717, 1.165) is 22.6 Å². The molecule has 1 fully saturated rings. The molecule has 6 heteroatoms. The molecule has 0 saturated carbocycles. The van der Waals surface area contributed by atoms with Crippen molar-refractivity contribution in [3.63, 3.8) is 0 Å². The van der Waals surface area contributed by atoms with Gasteiger partial charge in [-0.15, -0.1) is 23.5 Å². The molecule has 1 aliphatic rings. The zero-order valence-electron chi connectivity index (χ0n) is 16.0. The third-order valence-electron chi connectivity index (χ3n) is 4.93. The van der Waals surface area contributed by atoms with Gasteiger partial charge < -0.3 is 5.32 Å². The molecule has 4 nitrogen and oxygen atoms in total. The summed E-state index contributed by atoms with van der Waals surface area (Å²) in [5.41, 5.74) is 6.07. The van der Waals surface area contributed by atoms with Crippen molar-refractivity contribution in [3.8, 4) is 5.69 Å². The SMILES string of the molecule is Cc1nn(-c2ccccc2)c(C)c1CNC(=O)c1ccc(C2SCCS2)cc1. The molecule has 1 aliphatic heterocycles. The van der Waals surface area contributed by atoms with Crippen LogP contribution in [0.2, 0.25) is 0 Å². The Labute approximate surface area is 174 Å². The van der Waals surface area contributed by atoms with E-state index in [0.29, 0.717) is 16.7 Å². The summed E-state index contributed by atoms with van der Waals surface area (Å²) in [7, 11) is 0. The maximum atomic E-state index is 12.6. The molecule has 28 heavy (non-hydrogen) atoms. The molecule has 144 valence electrons. The standard InChI is InChI=1S/C22H23N3OS2/c1-15-20(16(2)25(24-15)19-6-4-3-5-7-19)14-23-21(26)17-8-10-18(11-9-17)22-27-12-13-28-22/h3-11,22H,12-14H2,1-2H3,(H,23,26). The fraction of sp³-hybridized carbons (Fsp3) is 0.273. The van der Waals surface area contributed by atoms with Gasteiger partial charge in [-0.25, -0.2) is 4.68 Å². The maximum absolute atomic E-state index is 12.6. The maximum Gasteiger partial charge on any atom is 0.251 e. The number of amides is 1. The number of nitrogens with one attached hydrogen (secondary N) is 1. The van der Waals surface area contributed by atoms with E-state index in [1.807, 2.05) is 84.5 Å². The van der Waals surface area contributed by atoms with E-state index in [9.17, 15) is 4.79 Å². The highest BCUT2D eigenvalue weighted by Gasteiger charge is 2.19. The van der Waals surface area contributed by atoms with Crippen LogP contribution in [-0.4, -0.2) is 27.2 Å². The second-order valence-electron chi connectivity index (χ2n) is 6.77. The average molecular weight is 410 g/mol. The van der Waals surface area contributed by atoms with Gasteiger partial charge in [-0.1, -0.05) is 30.3 Å². The van der Waals surface area contributed by atoms with Gasteiger partial charge in [-0.05, 0) is 43.7 Å². The first-order valence-electron chi connectivity index (χ1n) is 9.35. The van der Waals surface area contributed by atoms with Crippen molar-refractivity contribution in [2.24, 2.45) is 0 Å². The lowest BCUT2D eigenvalue weighted by atomic mass is 10.1. The first kappa shape index (κ1) is 19.2. The van der Waals surface area contributed by atoms with E-state index in [-0.39, 0.29) is 5.91 Å². The van der Waals surface area contributed by atoms with Crippen LogP contribution in [0.15, 0.2) is 54.6 Å². The van der Waals surface area contributed by atoms with Crippen molar-refractivity contribution in [1.82, 2.24) is 15.1 Å². The fourth-order valence-electron chi connectivity index (χ4n) is 3.36. The Hall–Kier alpha value is -2.18. The molecule has 0 radical (unpaired) electrons. The summed E-state index contributed by atoms with van der Waals surface area (Å²) in [6.45, 7) is 4.50. The predicted molar refractivity (Wildman–Crippen MR) is 118 cm³/mol. The second-order valence-corrected chi connectivity index (χ2v) is 9.50. The number of hydrogen-bond donors (Lipinski definition) is 1. The van der Waals surface area contributed by atoms with Gasteiger partial charge in [0.05, 0.1) is 16.0 Å².